The normalized spacial score (nSPS) is 15.8. The van der Waals surface area contributed by atoms with Crippen molar-refractivity contribution in [3.05, 3.63) is 10.1 Å². The lowest BCUT2D eigenvalue weighted by Crippen LogP contribution is -2.46. The van der Waals surface area contributed by atoms with Crippen LogP contribution in [0.3, 0.4) is 0 Å². The van der Waals surface area contributed by atoms with E-state index in [0.29, 0.717) is 0 Å². The quantitative estimate of drug-likeness (QED) is 0.293. The zero-order valence-corrected chi connectivity index (χ0v) is 5.11. The highest BCUT2D eigenvalue weighted by molar-refractivity contribution is 4.73. The van der Waals surface area contributed by atoms with Gasteiger partial charge < -0.3 is 0 Å². The van der Waals surface area contributed by atoms with Gasteiger partial charge >= 0.3 is 18.4 Å². The van der Waals surface area contributed by atoms with Crippen LogP contribution in [0.1, 0.15) is 0 Å². The van der Waals surface area contributed by atoms with Gasteiger partial charge in [0.1, 0.15) is 0 Å². The molecule has 0 aliphatic heterocycles. The highest BCUT2D eigenvalue weighted by Crippen LogP contribution is 2.34. The van der Waals surface area contributed by atoms with Crippen molar-refractivity contribution in [3.63, 3.8) is 0 Å². The fraction of sp³-hybridized carbons (Fsp3) is 1.00. The van der Waals surface area contributed by atoms with Crippen LogP contribution in [0.25, 0.3) is 0 Å². The molecule has 1 atom stereocenters. The molecular formula is C3HF6NO2. The molecule has 0 N–H and O–H groups in total. The third-order valence-corrected chi connectivity index (χ3v) is 0.836. The first kappa shape index (κ1) is 11.0. The largest absolute Gasteiger partial charge is 0.551 e. The minimum atomic E-state index is -5.93. The number of rotatable bonds is 2. The Morgan fingerprint density at radius 3 is 1.58 bits per heavy atom. The molecular weight excluding hydrogens is 196 g/mol. The monoisotopic (exact) mass is 197 g/mol. The highest BCUT2D eigenvalue weighted by Gasteiger charge is 2.66. The molecule has 1 unspecified atom stereocenters. The van der Waals surface area contributed by atoms with Crippen molar-refractivity contribution in [1.29, 1.82) is 0 Å². The molecule has 0 radical (unpaired) electrons. The van der Waals surface area contributed by atoms with E-state index in [1.54, 1.807) is 0 Å². The van der Waals surface area contributed by atoms with E-state index in [-0.39, 0.29) is 0 Å². The summed E-state index contributed by atoms with van der Waals surface area (Å²) in [6, 6.07) is -5.63. The number of hydrogen-bond acceptors (Lipinski definition) is 2. The van der Waals surface area contributed by atoms with Gasteiger partial charge in [0.15, 0.2) is 0 Å². The van der Waals surface area contributed by atoms with Gasteiger partial charge in [-0.3, -0.25) is 10.1 Å². The van der Waals surface area contributed by atoms with Crippen molar-refractivity contribution in [2.75, 3.05) is 0 Å². The van der Waals surface area contributed by atoms with E-state index in [0.717, 1.165) is 0 Å². The third-order valence-electron chi connectivity index (χ3n) is 0.836. The van der Waals surface area contributed by atoms with Gasteiger partial charge in [0, 0.05) is 0 Å². The maximum atomic E-state index is 11.6. The average molecular weight is 197 g/mol. The average Bonchev–Trinajstić information content (AvgIpc) is 1.83. The summed E-state index contributed by atoms with van der Waals surface area (Å²) in [7, 11) is 0. The second kappa shape index (κ2) is 2.79. The summed E-state index contributed by atoms with van der Waals surface area (Å²) in [6.07, 6.45) is -10.7. The van der Waals surface area contributed by atoms with Crippen LogP contribution in [0.5, 0.6) is 0 Å². The molecule has 0 aliphatic rings. The Labute approximate surface area is 61.1 Å². The van der Waals surface area contributed by atoms with Crippen LogP contribution in [0.2, 0.25) is 0 Å². The molecule has 0 bridgehead atoms. The molecule has 3 nitrogen and oxygen atoms in total. The second-order valence-electron chi connectivity index (χ2n) is 1.75. The molecule has 0 saturated heterocycles. The molecule has 0 heterocycles. The molecule has 0 amide bonds. The molecule has 0 fully saturated rings. The van der Waals surface area contributed by atoms with Gasteiger partial charge in [-0.2, -0.15) is 13.2 Å². The van der Waals surface area contributed by atoms with Gasteiger partial charge in [-0.05, 0) is 0 Å². The Balaban J connectivity index is 4.69. The molecule has 0 spiro atoms. The zero-order valence-electron chi connectivity index (χ0n) is 5.11. The highest BCUT2D eigenvalue weighted by atomic mass is 19.4. The molecule has 72 valence electrons. The van der Waals surface area contributed by atoms with Gasteiger partial charge in [-0.1, -0.05) is 0 Å². The Hall–Kier alpha value is -1.02. The van der Waals surface area contributed by atoms with Gasteiger partial charge in [0.25, 0.3) is 0 Å². The van der Waals surface area contributed by atoms with Crippen molar-refractivity contribution in [2.24, 2.45) is 0 Å². The molecule has 0 aromatic rings. The number of nitro groups is 1. The van der Waals surface area contributed by atoms with E-state index in [1.807, 2.05) is 0 Å². The van der Waals surface area contributed by atoms with Crippen LogP contribution in [0, 0.1) is 10.1 Å². The lowest BCUT2D eigenvalue weighted by atomic mass is 10.3. The Morgan fingerprint density at radius 2 is 1.50 bits per heavy atom. The molecule has 0 aliphatic carbocycles. The number of nitrogens with zero attached hydrogens (tertiary/aromatic N) is 1. The lowest BCUT2D eigenvalue weighted by molar-refractivity contribution is -0.661. The first-order valence-corrected chi connectivity index (χ1v) is 2.33. The summed E-state index contributed by atoms with van der Waals surface area (Å²) in [5.74, 6) is 0. The van der Waals surface area contributed by atoms with E-state index >= 15 is 0 Å². The van der Waals surface area contributed by atoms with Crippen LogP contribution >= 0.6 is 0 Å². The third kappa shape index (κ3) is 1.98. The van der Waals surface area contributed by atoms with Crippen LogP contribution in [0.4, 0.5) is 26.3 Å². The van der Waals surface area contributed by atoms with Crippen LogP contribution in [0.15, 0.2) is 0 Å². The maximum absolute atomic E-state index is 11.6. The summed E-state index contributed by atoms with van der Waals surface area (Å²) in [4.78, 5) is 6.60. The zero-order chi connectivity index (χ0) is 10.2. The number of halogens is 6. The SMILES string of the molecule is O=[N+]([O-])C(F)(F)C(F)C(F)(F)F. The summed E-state index contributed by atoms with van der Waals surface area (Å²) < 4.78 is 68.3. The molecule has 0 rings (SSSR count). The minimum absolute atomic E-state index is 2.62. The second-order valence-corrected chi connectivity index (χ2v) is 1.75. The summed E-state index contributed by atoms with van der Waals surface area (Å²) >= 11 is 0. The van der Waals surface area contributed by atoms with E-state index in [4.69, 9.17) is 0 Å². The maximum Gasteiger partial charge on any atom is 0.551 e. The molecule has 0 saturated carbocycles. The summed E-state index contributed by atoms with van der Waals surface area (Å²) in [5.41, 5.74) is 0. The topological polar surface area (TPSA) is 43.1 Å². The van der Waals surface area contributed by atoms with Crippen molar-refractivity contribution in [2.45, 2.75) is 18.4 Å². The van der Waals surface area contributed by atoms with Crippen molar-refractivity contribution < 1.29 is 31.3 Å². The Bertz CT molecular complexity index is 188. The van der Waals surface area contributed by atoms with E-state index in [9.17, 15) is 36.5 Å². The molecule has 0 aromatic carbocycles. The standard InChI is InChI=1S/C3HF6NO2/c4-1(2(5,6)7)3(8,9)10(11)12/h1H. The van der Waals surface area contributed by atoms with E-state index < -0.39 is 23.3 Å². The van der Waals surface area contributed by atoms with E-state index in [1.165, 1.54) is 0 Å². The first-order chi connectivity index (χ1) is 5.10. The van der Waals surface area contributed by atoms with Crippen LogP contribution in [-0.2, 0) is 0 Å². The summed E-state index contributed by atoms with van der Waals surface area (Å²) in [5, 5.41) is 9.22. The number of hydrogen-bond donors (Lipinski definition) is 0. The molecule has 9 heteroatoms. The lowest BCUT2D eigenvalue weighted by Gasteiger charge is -2.14. The molecule has 0 aromatic heterocycles. The predicted octanol–water partition coefficient (Wildman–Crippen LogP) is 1.76. The van der Waals surface area contributed by atoms with Crippen LogP contribution < -0.4 is 0 Å². The van der Waals surface area contributed by atoms with Gasteiger partial charge in [0.2, 0.25) is 0 Å². The Kier molecular flexibility index (Phi) is 2.55. The Morgan fingerprint density at radius 1 is 1.17 bits per heavy atom. The molecule has 12 heavy (non-hydrogen) atoms. The first-order valence-electron chi connectivity index (χ1n) is 2.33. The van der Waals surface area contributed by atoms with Crippen LogP contribution in [-0.4, -0.2) is 23.3 Å². The summed E-state index contributed by atoms with van der Waals surface area (Å²) in [6.45, 7) is 0. The van der Waals surface area contributed by atoms with Gasteiger partial charge in [-0.25, -0.2) is 4.39 Å². The van der Waals surface area contributed by atoms with Gasteiger partial charge in [0.05, 0.1) is 4.92 Å². The van der Waals surface area contributed by atoms with Gasteiger partial charge in [-0.15, -0.1) is 8.78 Å². The van der Waals surface area contributed by atoms with Crippen molar-refractivity contribution in [1.82, 2.24) is 0 Å². The fourth-order valence-corrected chi connectivity index (χ4v) is 0.289. The van der Waals surface area contributed by atoms with E-state index in [2.05, 4.69) is 0 Å². The van der Waals surface area contributed by atoms with Crippen molar-refractivity contribution in [3.8, 4) is 0 Å². The fourth-order valence-electron chi connectivity index (χ4n) is 0.289. The minimum Gasteiger partial charge on any atom is -0.259 e. The predicted molar refractivity (Wildman–Crippen MR) is 22.9 cm³/mol. The van der Waals surface area contributed by atoms with Crippen molar-refractivity contribution >= 4 is 0 Å². The number of alkyl halides is 6. The smallest absolute Gasteiger partial charge is 0.259 e.